The summed E-state index contributed by atoms with van der Waals surface area (Å²) in [6, 6.07) is 0. The lowest BCUT2D eigenvalue weighted by molar-refractivity contribution is 0.429. The van der Waals surface area contributed by atoms with E-state index in [-0.39, 0.29) is 11.9 Å². The number of hydrogen-bond acceptors (Lipinski definition) is 0. The second-order valence-corrected chi connectivity index (χ2v) is 4.06. The van der Waals surface area contributed by atoms with Gasteiger partial charge in [0.2, 0.25) is 0 Å². The zero-order valence-electron chi connectivity index (χ0n) is 6.82. The highest BCUT2D eigenvalue weighted by Crippen LogP contribution is 2.56. The highest BCUT2D eigenvalue weighted by molar-refractivity contribution is 6.66. The number of halogens is 3. The van der Waals surface area contributed by atoms with Crippen molar-refractivity contribution in [2.45, 2.75) is 32.1 Å². The lowest BCUT2D eigenvalue weighted by Gasteiger charge is -2.27. The first kappa shape index (κ1) is 8.20. The molecule has 68 valence electrons. The Bertz CT molecular complexity index is 225. The maximum Gasteiger partial charge on any atom is 0.505 e. The molecule has 2 aliphatic carbocycles. The first-order valence-electron chi connectivity index (χ1n) is 4.41. The highest BCUT2D eigenvalue weighted by Gasteiger charge is 2.44. The van der Waals surface area contributed by atoms with Crippen LogP contribution < -0.4 is 0 Å². The maximum absolute atomic E-state index is 12.2. The van der Waals surface area contributed by atoms with Crippen LogP contribution in [0.25, 0.3) is 0 Å². The molecule has 1 saturated carbocycles. The molecule has 4 heteroatoms. The number of hydrogen-bond donors (Lipinski definition) is 0. The molecule has 0 amide bonds. The summed E-state index contributed by atoms with van der Waals surface area (Å²) in [5, 5.41) is 0. The van der Waals surface area contributed by atoms with Crippen LogP contribution in [0.15, 0.2) is 11.5 Å². The fraction of sp³-hybridized carbons (Fsp3) is 0.750. The zero-order chi connectivity index (χ0) is 8.82. The highest BCUT2D eigenvalue weighted by atomic mass is 19.4. The molecule has 0 heterocycles. The van der Waals surface area contributed by atoms with E-state index in [0.29, 0.717) is 11.8 Å². The molecule has 2 aliphatic rings. The molecule has 0 radical (unpaired) electrons. The van der Waals surface area contributed by atoms with Gasteiger partial charge in [-0.3, -0.25) is 0 Å². The summed E-state index contributed by atoms with van der Waals surface area (Å²) in [5.41, 5.74) is 0.0673. The van der Waals surface area contributed by atoms with Gasteiger partial charge >= 0.3 is 6.98 Å². The lowest BCUT2D eigenvalue weighted by atomic mass is 9.70. The topological polar surface area (TPSA) is 0 Å². The van der Waals surface area contributed by atoms with Crippen molar-refractivity contribution in [3.8, 4) is 0 Å². The first-order chi connectivity index (χ1) is 5.52. The average Bonchev–Trinajstić information content (AvgIpc) is 2.68. The fourth-order valence-corrected chi connectivity index (χ4v) is 1.89. The Balaban J connectivity index is 2.06. The Morgan fingerprint density at radius 3 is 2.17 bits per heavy atom. The van der Waals surface area contributed by atoms with Gasteiger partial charge in [0.1, 0.15) is 0 Å². The van der Waals surface area contributed by atoms with Gasteiger partial charge in [-0.25, -0.2) is 0 Å². The summed E-state index contributed by atoms with van der Waals surface area (Å²) in [4.78, 5) is 0. The zero-order valence-corrected chi connectivity index (χ0v) is 6.82. The van der Waals surface area contributed by atoms with Gasteiger partial charge in [-0.15, -0.1) is 11.5 Å². The molecule has 0 aliphatic heterocycles. The Kier molecular flexibility index (Phi) is 1.57. The van der Waals surface area contributed by atoms with Gasteiger partial charge in [-0.05, 0) is 31.1 Å². The summed E-state index contributed by atoms with van der Waals surface area (Å²) >= 11 is 0. The largest absolute Gasteiger partial charge is 0.505 e. The van der Waals surface area contributed by atoms with E-state index in [1.54, 1.807) is 0 Å². The molecule has 12 heavy (non-hydrogen) atoms. The van der Waals surface area contributed by atoms with Gasteiger partial charge in [0.25, 0.3) is 0 Å². The lowest BCUT2D eigenvalue weighted by Crippen LogP contribution is -2.23. The molecule has 0 aromatic heterocycles. The van der Waals surface area contributed by atoms with E-state index in [2.05, 4.69) is 0 Å². The third-order valence-electron chi connectivity index (χ3n) is 3.12. The molecule has 2 rings (SSSR count). The third kappa shape index (κ3) is 1.39. The van der Waals surface area contributed by atoms with E-state index in [4.69, 9.17) is 0 Å². The molecule has 0 aromatic carbocycles. The van der Waals surface area contributed by atoms with E-state index >= 15 is 0 Å². The van der Waals surface area contributed by atoms with Gasteiger partial charge < -0.3 is 12.9 Å². The van der Waals surface area contributed by atoms with Gasteiger partial charge in [-0.2, -0.15) is 0 Å². The van der Waals surface area contributed by atoms with Crippen LogP contribution in [-0.4, -0.2) is 6.98 Å². The Morgan fingerprint density at radius 2 is 1.83 bits per heavy atom. The Hall–Kier alpha value is -0.405. The minimum absolute atomic E-state index is 0.243. The summed E-state index contributed by atoms with van der Waals surface area (Å²) < 4.78 is 36.6. The second-order valence-electron chi connectivity index (χ2n) is 4.06. The van der Waals surface area contributed by atoms with Crippen LogP contribution in [0.2, 0.25) is 0 Å². The Labute approximate surface area is 69.9 Å². The van der Waals surface area contributed by atoms with Gasteiger partial charge in [-0.1, -0.05) is 6.42 Å². The summed E-state index contributed by atoms with van der Waals surface area (Å²) in [5.74, 6) is 0. The standard InChI is InChI=1S/C8H11BF3/c10-9(11,12)7-1-3-8(4-2-7)5-6-8/h1H,2-6H2/q-1. The molecule has 0 bridgehead atoms. The van der Waals surface area contributed by atoms with Crippen LogP contribution in [-0.2, 0) is 0 Å². The first-order valence-corrected chi connectivity index (χ1v) is 4.41. The normalized spacial score (nSPS) is 27.1. The van der Waals surface area contributed by atoms with Crippen molar-refractivity contribution in [2.24, 2.45) is 5.41 Å². The van der Waals surface area contributed by atoms with Crippen LogP contribution in [0.4, 0.5) is 12.9 Å². The molecule has 0 atom stereocenters. The van der Waals surface area contributed by atoms with Crippen molar-refractivity contribution in [3.63, 3.8) is 0 Å². The monoisotopic (exact) mass is 175 g/mol. The van der Waals surface area contributed by atoms with Crippen molar-refractivity contribution in [2.75, 3.05) is 0 Å². The van der Waals surface area contributed by atoms with Gasteiger partial charge in [0.05, 0.1) is 0 Å². The van der Waals surface area contributed by atoms with Crippen LogP contribution in [0, 0.1) is 5.41 Å². The van der Waals surface area contributed by atoms with Crippen molar-refractivity contribution in [1.29, 1.82) is 0 Å². The van der Waals surface area contributed by atoms with Crippen LogP contribution in [0.3, 0.4) is 0 Å². The minimum Gasteiger partial charge on any atom is -0.445 e. The molecular weight excluding hydrogens is 164 g/mol. The van der Waals surface area contributed by atoms with E-state index in [9.17, 15) is 12.9 Å². The molecule has 0 unspecified atom stereocenters. The number of allylic oxidation sites excluding steroid dienone is 2. The predicted octanol–water partition coefficient (Wildman–Crippen LogP) is 3.26. The van der Waals surface area contributed by atoms with Gasteiger partial charge in [0, 0.05) is 0 Å². The summed E-state index contributed by atoms with van der Waals surface area (Å²) in [6.07, 6.45) is 5.41. The van der Waals surface area contributed by atoms with Gasteiger partial charge in [0.15, 0.2) is 0 Å². The fourth-order valence-electron chi connectivity index (χ4n) is 1.89. The summed E-state index contributed by atoms with van der Waals surface area (Å²) in [7, 11) is 0. The van der Waals surface area contributed by atoms with E-state index in [0.717, 1.165) is 19.3 Å². The molecule has 0 nitrogen and oxygen atoms in total. The molecule has 0 aromatic rings. The van der Waals surface area contributed by atoms with Crippen molar-refractivity contribution in [3.05, 3.63) is 11.5 Å². The van der Waals surface area contributed by atoms with E-state index < -0.39 is 6.98 Å². The Morgan fingerprint density at radius 1 is 1.17 bits per heavy atom. The molecule has 0 N–H and O–H groups in total. The third-order valence-corrected chi connectivity index (χ3v) is 3.12. The van der Waals surface area contributed by atoms with Crippen LogP contribution in [0.1, 0.15) is 32.1 Å². The molecular formula is C8H11BF3-. The van der Waals surface area contributed by atoms with E-state index in [1.165, 1.54) is 6.08 Å². The average molecular weight is 175 g/mol. The minimum atomic E-state index is -4.68. The van der Waals surface area contributed by atoms with Crippen molar-refractivity contribution < 1.29 is 12.9 Å². The maximum atomic E-state index is 12.2. The van der Waals surface area contributed by atoms with E-state index in [1.807, 2.05) is 0 Å². The number of rotatable bonds is 1. The smallest absolute Gasteiger partial charge is 0.445 e. The van der Waals surface area contributed by atoms with Crippen molar-refractivity contribution >= 4 is 6.98 Å². The summed E-state index contributed by atoms with van der Waals surface area (Å²) in [6.45, 7) is -4.68. The van der Waals surface area contributed by atoms with Crippen LogP contribution >= 0.6 is 0 Å². The SMILES string of the molecule is F[B-](F)(F)C1=CCC2(CC1)CC2. The second kappa shape index (κ2) is 2.30. The molecule has 1 fully saturated rings. The molecule has 0 saturated heterocycles. The quantitative estimate of drug-likeness (QED) is 0.536. The predicted molar refractivity (Wildman–Crippen MR) is 42.7 cm³/mol. The van der Waals surface area contributed by atoms with Crippen molar-refractivity contribution in [1.82, 2.24) is 0 Å². The van der Waals surface area contributed by atoms with Crippen LogP contribution in [0.5, 0.6) is 0 Å². The molecule has 1 spiro atoms.